The molecule has 0 aliphatic carbocycles. The van der Waals surface area contributed by atoms with Crippen LogP contribution in [0.2, 0.25) is 5.02 Å². The van der Waals surface area contributed by atoms with E-state index in [2.05, 4.69) is 60.9 Å². The van der Waals surface area contributed by atoms with Crippen molar-refractivity contribution in [2.24, 2.45) is 4.99 Å². The highest BCUT2D eigenvalue weighted by Crippen LogP contribution is 2.28. The molecular weight excluding hydrogens is 416 g/mol. The van der Waals surface area contributed by atoms with Crippen LogP contribution in [0.15, 0.2) is 60.4 Å². The summed E-state index contributed by atoms with van der Waals surface area (Å²) in [5.41, 5.74) is 5.69. The minimum atomic E-state index is 0.683. The van der Waals surface area contributed by atoms with Crippen LogP contribution in [-0.4, -0.2) is 46.7 Å². The highest BCUT2D eigenvalue weighted by molar-refractivity contribution is 6.35. The molecule has 1 aliphatic rings. The first-order chi connectivity index (χ1) is 15.3. The van der Waals surface area contributed by atoms with Crippen molar-refractivity contribution in [3.63, 3.8) is 0 Å². The average Bonchev–Trinajstić information content (AvgIpc) is 2.81. The van der Waals surface area contributed by atoms with Crippen molar-refractivity contribution in [2.45, 2.75) is 47.5 Å². The van der Waals surface area contributed by atoms with E-state index in [1.807, 2.05) is 32.1 Å². The SMILES string of the molecule is C=C(C)N1CCN(C(=C)c2ccc3c(Cl)cc(C(C)=N/C=C\C)nc3c2)CC1.CCCC. The second-order valence-electron chi connectivity index (χ2n) is 8.07. The molecule has 172 valence electrons. The van der Waals surface area contributed by atoms with E-state index in [0.717, 1.165) is 65.4 Å². The van der Waals surface area contributed by atoms with Crippen LogP contribution < -0.4 is 0 Å². The van der Waals surface area contributed by atoms with E-state index in [1.165, 1.54) is 12.8 Å². The summed E-state index contributed by atoms with van der Waals surface area (Å²) in [4.78, 5) is 13.8. The Bertz CT molecular complexity index is 996. The van der Waals surface area contributed by atoms with Gasteiger partial charge < -0.3 is 9.80 Å². The zero-order valence-electron chi connectivity index (χ0n) is 20.3. The lowest BCUT2D eigenvalue weighted by atomic mass is 10.1. The van der Waals surface area contributed by atoms with Gasteiger partial charge in [0.05, 0.1) is 21.9 Å². The lowest BCUT2D eigenvalue weighted by molar-refractivity contribution is 0.215. The number of aromatic nitrogens is 1. The van der Waals surface area contributed by atoms with Gasteiger partial charge in [-0.2, -0.15) is 0 Å². The van der Waals surface area contributed by atoms with Crippen LogP contribution in [-0.2, 0) is 0 Å². The van der Waals surface area contributed by atoms with E-state index >= 15 is 0 Å². The molecular formula is C27H37ClN4. The topological polar surface area (TPSA) is 31.7 Å². The summed E-state index contributed by atoms with van der Waals surface area (Å²) in [5.74, 6) is 0. The zero-order valence-corrected chi connectivity index (χ0v) is 21.0. The standard InChI is InChI=1S/C23H27ClN4.C4H10/c1-6-9-25-17(4)22-15-21(24)20-8-7-19(14-23(20)26-22)18(5)28-12-10-27(11-13-28)16(2)3;1-3-4-2/h6-9,14-15H,2,5,10-13H2,1,3-4H3;3-4H2,1-2H3/b9-6-,25-17?;. The van der Waals surface area contributed by atoms with Crippen molar-refractivity contribution in [2.75, 3.05) is 26.2 Å². The molecule has 0 unspecified atom stereocenters. The Morgan fingerprint density at radius 3 is 2.25 bits per heavy atom. The zero-order chi connectivity index (χ0) is 23.7. The van der Waals surface area contributed by atoms with Gasteiger partial charge in [-0.25, -0.2) is 4.98 Å². The molecule has 32 heavy (non-hydrogen) atoms. The Morgan fingerprint density at radius 1 is 1.06 bits per heavy atom. The van der Waals surface area contributed by atoms with Crippen LogP contribution in [0.1, 0.15) is 58.7 Å². The summed E-state index contributed by atoms with van der Waals surface area (Å²) in [6.45, 7) is 22.5. The maximum absolute atomic E-state index is 6.51. The Morgan fingerprint density at radius 2 is 1.69 bits per heavy atom. The Balaban J connectivity index is 0.000000837. The normalized spacial score (nSPS) is 14.5. The summed E-state index contributed by atoms with van der Waals surface area (Å²) in [7, 11) is 0. The third-order valence-corrected chi connectivity index (χ3v) is 5.89. The number of hydrogen-bond acceptors (Lipinski definition) is 4. The molecule has 0 amide bonds. The molecule has 1 aromatic heterocycles. The van der Waals surface area contributed by atoms with Gasteiger partial charge in [0.15, 0.2) is 0 Å². The number of fused-ring (bicyclic) bond motifs is 1. The first kappa shape index (κ1) is 25.7. The summed E-state index contributed by atoms with van der Waals surface area (Å²) >= 11 is 6.51. The number of aliphatic imine (C=N–C) groups is 1. The predicted octanol–water partition coefficient (Wildman–Crippen LogP) is 7.16. The second kappa shape index (κ2) is 12.4. The van der Waals surface area contributed by atoms with Crippen LogP contribution in [0, 0.1) is 0 Å². The number of pyridine rings is 1. The van der Waals surface area contributed by atoms with Crippen LogP contribution in [0.4, 0.5) is 0 Å². The molecule has 1 aromatic carbocycles. The molecule has 0 atom stereocenters. The summed E-state index contributed by atoms with van der Waals surface area (Å²) in [6.07, 6.45) is 6.29. The number of benzene rings is 1. The van der Waals surface area contributed by atoms with Crippen molar-refractivity contribution >= 4 is 33.9 Å². The predicted molar refractivity (Wildman–Crippen MR) is 141 cm³/mol. The van der Waals surface area contributed by atoms with E-state index in [1.54, 1.807) is 6.20 Å². The molecule has 0 radical (unpaired) electrons. The fraction of sp³-hybridized carbons (Fsp3) is 0.407. The number of nitrogens with zero attached hydrogens (tertiary/aromatic N) is 4. The van der Waals surface area contributed by atoms with Gasteiger partial charge in [0, 0.05) is 49.2 Å². The average molecular weight is 453 g/mol. The summed E-state index contributed by atoms with van der Waals surface area (Å²) in [6, 6.07) is 8.04. The molecule has 4 nitrogen and oxygen atoms in total. The third-order valence-electron chi connectivity index (χ3n) is 5.58. The highest BCUT2D eigenvalue weighted by Gasteiger charge is 2.18. The molecule has 2 heterocycles. The van der Waals surface area contributed by atoms with E-state index in [9.17, 15) is 0 Å². The number of piperazine rings is 1. The molecule has 0 bridgehead atoms. The van der Waals surface area contributed by atoms with Crippen LogP contribution >= 0.6 is 11.6 Å². The number of rotatable bonds is 6. The van der Waals surface area contributed by atoms with Crippen molar-refractivity contribution in [3.8, 4) is 0 Å². The van der Waals surface area contributed by atoms with E-state index in [4.69, 9.17) is 16.6 Å². The molecule has 1 saturated heterocycles. The number of hydrogen-bond donors (Lipinski definition) is 0. The lowest BCUT2D eigenvalue weighted by Crippen LogP contribution is -2.44. The number of allylic oxidation sites excluding steroid dienone is 2. The Kier molecular flexibility index (Phi) is 9.98. The minimum absolute atomic E-state index is 0.683. The Hall–Kier alpha value is -2.59. The smallest absolute Gasteiger partial charge is 0.0864 e. The summed E-state index contributed by atoms with van der Waals surface area (Å²) < 4.78 is 0. The largest absolute Gasteiger partial charge is 0.372 e. The van der Waals surface area contributed by atoms with Gasteiger partial charge in [-0.3, -0.25) is 4.99 Å². The van der Waals surface area contributed by atoms with E-state index < -0.39 is 0 Å². The van der Waals surface area contributed by atoms with Gasteiger partial charge >= 0.3 is 0 Å². The van der Waals surface area contributed by atoms with Crippen LogP contribution in [0.5, 0.6) is 0 Å². The highest BCUT2D eigenvalue weighted by atomic mass is 35.5. The summed E-state index contributed by atoms with van der Waals surface area (Å²) in [5, 5.41) is 1.62. The minimum Gasteiger partial charge on any atom is -0.372 e. The van der Waals surface area contributed by atoms with Gasteiger partial charge in [0.1, 0.15) is 0 Å². The third kappa shape index (κ3) is 6.70. The fourth-order valence-electron chi connectivity index (χ4n) is 3.34. The van der Waals surface area contributed by atoms with Gasteiger partial charge in [-0.15, -0.1) is 0 Å². The second-order valence-corrected chi connectivity index (χ2v) is 8.48. The first-order valence-corrected chi connectivity index (χ1v) is 11.8. The van der Waals surface area contributed by atoms with E-state index in [0.29, 0.717) is 5.02 Å². The number of halogens is 1. The van der Waals surface area contributed by atoms with Gasteiger partial charge in [-0.1, -0.05) is 69.7 Å². The quantitative estimate of drug-likeness (QED) is 0.435. The Labute approximate surface area is 199 Å². The van der Waals surface area contributed by atoms with Crippen LogP contribution in [0.25, 0.3) is 16.6 Å². The molecule has 0 spiro atoms. The molecule has 1 aliphatic heterocycles. The molecule has 2 aromatic rings. The van der Waals surface area contributed by atoms with E-state index in [-0.39, 0.29) is 0 Å². The fourth-order valence-corrected chi connectivity index (χ4v) is 3.61. The van der Waals surface area contributed by atoms with Gasteiger partial charge in [-0.05, 0) is 38.5 Å². The molecule has 3 rings (SSSR count). The maximum atomic E-state index is 6.51. The van der Waals surface area contributed by atoms with Crippen molar-refractivity contribution in [1.82, 2.24) is 14.8 Å². The molecule has 1 fully saturated rings. The molecule has 5 heteroatoms. The lowest BCUT2D eigenvalue weighted by Gasteiger charge is -2.38. The molecule has 0 N–H and O–H groups in total. The van der Waals surface area contributed by atoms with Crippen LogP contribution in [0.3, 0.4) is 0 Å². The van der Waals surface area contributed by atoms with Crippen molar-refractivity contribution in [3.05, 3.63) is 71.7 Å². The van der Waals surface area contributed by atoms with Crippen molar-refractivity contribution < 1.29 is 0 Å². The first-order valence-electron chi connectivity index (χ1n) is 11.4. The maximum Gasteiger partial charge on any atom is 0.0864 e. The monoisotopic (exact) mass is 452 g/mol. The van der Waals surface area contributed by atoms with Gasteiger partial charge in [0.25, 0.3) is 0 Å². The van der Waals surface area contributed by atoms with Gasteiger partial charge in [0.2, 0.25) is 0 Å². The molecule has 0 saturated carbocycles. The number of unbranched alkanes of at least 4 members (excludes halogenated alkanes) is 1. The van der Waals surface area contributed by atoms with Crippen molar-refractivity contribution in [1.29, 1.82) is 0 Å².